The van der Waals surface area contributed by atoms with Crippen LogP contribution in [0.15, 0.2) is 267 Å². The highest BCUT2D eigenvalue weighted by Gasteiger charge is 2.43. The van der Waals surface area contributed by atoms with Crippen LogP contribution in [-0.4, -0.2) is 9.13 Å². The molecule has 2 heterocycles. The third-order valence-corrected chi connectivity index (χ3v) is 15.6. The van der Waals surface area contributed by atoms with Crippen LogP contribution in [0.25, 0.3) is 43.6 Å². The summed E-state index contributed by atoms with van der Waals surface area (Å²) in [6.07, 6.45) is 19.5. The van der Waals surface area contributed by atoms with Crippen LogP contribution in [0.3, 0.4) is 0 Å². The van der Waals surface area contributed by atoms with E-state index in [0.717, 1.165) is 44.8 Å². The van der Waals surface area contributed by atoms with Crippen LogP contribution in [0.5, 0.6) is 0 Å². The molecule has 2 aliphatic rings. The zero-order chi connectivity index (χ0) is 50.0. The van der Waals surface area contributed by atoms with Gasteiger partial charge in [-0.25, -0.2) is 0 Å². The van der Waals surface area contributed by atoms with E-state index in [1.807, 2.05) is 0 Å². The van der Waals surface area contributed by atoms with Crippen molar-refractivity contribution in [3.8, 4) is 0 Å². The smallest absolute Gasteiger partial charge is 0.160 e. The molecule has 0 aliphatic heterocycles. The van der Waals surface area contributed by atoms with Gasteiger partial charge in [0.2, 0.25) is 0 Å². The van der Waals surface area contributed by atoms with Crippen LogP contribution < -0.4 is 9.80 Å². The van der Waals surface area contributed by atoms with E-state index < -0.39 is 11.3 Å². The monoisotopic (exact) mass is 954 g/mol. The van der Waals surface area contributed by atoms with E-state index in [4.69, 9.17) is 0 Å². The van der Waals surface area contributed by atoms with Crippen molar-refractivity contribution in [1.29, 1.82) is 0 Å². The Morgan fingerprint density at radius 2 is 0.595 bits per heavy atom. The number of anilines is 4. The van der Waals surface area contributed by atoms with Crippen molar-refractivity contribution < 1.29 is 0 Å². The molecule has 0 amide bonds. The third-order valence-electron chi connectivity index (χ3n) is 15.6. The van der Waals surface area contributed by atoms with Gasteiger partial charge in [0.1, 0.15) is 0 Å². The fraction of sp³-hybridized carbons (Fsp3) is 0.114. The second kappa shape index (κ2) is 18.0. The lowest BCUT2D eigenvalue weighted by Gasteiger charge is -2.46. The van der Waals surface area contributed by atoms with Gasteiger partial charge in [-0.05, 0) is 136 Å². The first-order chi connectivity index (χ1) is 36.3. The molecular formula is C70H58N4. The Labute approximate surface area is 434 Å². The van der Waals surface area contributed by atoms with E-state index in [9.17, 15) is 0 Å². The van der Waals surface area contributed by atoms with Crippen LogP contribution >= 0.6 is 0 Å². The van der Waals surface area contributed by atoms with Crippen molar-refractivity contribution in [2.45, 2.75) is 50.9 Å². The maximum absolute atomic E-state index is 2.62. The second-order valence-corrected chi connectivity index (χ2v) is 20.5. The molecule has 0 bridgehead atoms. The number of allylic oxidation sites excluding steroid dienone is 4. The first-order valence-corrected chi connectivity index (χ1v) is 26.0. The summed E-state index contributed by atoms with van der Waals surface area (Å²) in [6, 6.07) is 80.9. The Bertz CT molecular complexity index is 3600. The molecule has 0 fully saturated rings. The molecule has 4 nitrogen and oxygen atoms in total. The van der Waals surface area contributed by atoms with Gasteiger partial charge >= 0.3 is 0 Å². The minimum absolute atomic E-state index is 0.100. The summed E-state index contributed by atoms with van der Waals surface area (Å²) in [7, 11) is 0. The number of nitrogens with zero attached hydrogens (tertiary/aromatic N) is 4. The summed E-state index contributed by atoms with van der Waals surface area (Å²) in [5, 5.41) is 4.83. The molecule has 11 aromatic rings. The van der Waals surface area contributed by atoms with Gasteiger partial charge in [-0.15, -0.1) is 0 Å². The molecule has 0 unspecified atom stereocenters. The van der Waals surface area contributed by atoms with Gasteiger partial charge in [0.25, 0.3) is 0 Å². The highest BCUT2D eigenvalue weighted by atomic mass is 15.4. The number of hydrogen-bond donors (Lipinski definition) is 0. The van der Waals surface area contributed by atoms with E-state index in [-0.39, 0.29) is 11.8 Å². The van der Waals surface area contributed by atoms with E-state index in [1.165, 1.54) is 54.9 Å². The predicted octanol–water partition coefficient (Wildman–Crippen LogP) is 17.9. The standard InChI is InChI=1S/C70H58N4/c1-49-23-31-57(32-24-49)71(58-33-25-50(2)26-34-58)69(43-39-55(40-44-69)53-15-7-5-8-16-53)73-65-21-13-11-19-61(65)63-47-64-62-20-12-14-22-66(62)74(68(64)48-67(63)73)70(45-41-56(42-46-70)54-17-9-6-10-18-54)72(59-35-27-51(3)28-36-59)60-37-29-52(4)30-38-60/h5-48,55-56H,1-4H3. The summed E-state index contributed by atoms with van der Waals surface area (Å²) in [5.41, 5.74) is 14.7. The van der Waals surface area contributed by atoms with Gasteiger partial charge in [0.05, 0.1) is 22.1 Å². The van der Waals surface area contributed by atoms with Crippen molar-refractivity contribution in [3.63, 3.8) is 0 Å². The number of hydrogen-bond acceptors (Lipinski definition) is 2. The number of para-hydroxylation sites is 2. The minimum atomic E-state index is -0.845. The van der Waals surface area contributed by atoms with Crippen LogP contribution in [0.4, 0.5) is 22.7 Å². The Balaban J connectivity index is 1.15. The maximum Gasteiger partial charge on any atom is 0.160 e. The van der Waals surface area contributed by atoms with Crippen molar-refractivity contribution >= 4 is 66.4 Å². The molecule has 0 saturated carbocycles. The number of rotatable bonds is 10. The predicted molar refractivity (Wildman–Crippen MR) is 312 cm³/mol. The largest absolute Gasteiger partial charge is 0.311 e. The van der Waals surface area contributed by atoms with Crippen LogP contribution in [0, 0.1) is 27.7 Å². The molecule has 0 radical (unpaired) electrons. The second-order valence-electron chi connectivity index (χ2n) is 20.5. The minimum Gasteiger partial charge on any atom is -0.311 e. The lowest BCUT2D eigenvalue weighted by atomic mass is 9.88. The van der Waals surface area contributed by atoms with Gasteiger partial charge in [-0.2, -0.15) is 0 Å². The summed E-state index contributed by atoms with van der Waals surface area (Å²) >= 11 is 0. The normalized spacial score (nSPS) is 19.2. The number of aryl methyl sites for hydroxylation is 4. The highest BCUT2D eigenvalue weighted by molar-refractivity contribution is 6.18. The molecular weight excluding hydrogens is 897 g/mol. The Morgan fingerprint density at radius 1 is 0.297 bits per heavy atom. The van der Waals surface area contributed by atoms with Crippen LogP contribution in [0.2, 0.25) is 0 Å². The molecule has 2 aliphatic carbocycles. The lowest BCUT2D eigenvalue weighted by Crippen LogP contribution is -2.47. The number of benzene rings is 9. The zero-order valence-electron chi connectivity index (χ0n) is 42.3. The lowest BCUT2D eigenvalue weighted by molar-refractivity contribution is 0.492. The van der Waals surface area contributed by atoms with Crippen molar-refractivity contribution in [2.24, 2.45) is 0 Å². The van der Waals surface area contributed by atoms with Gasteiger partial charge in [-0.3, -0.25) is 0 Å². The van der Waals surface area contributed by atoms with E-state index >= 15 is 0 Å². The van der Waals surface area contributed by atoms with E-state index in [1.54, 1.807) is 0 Å². The molecule has 13 rings (SSSR count). The average Bonchev–Trinajstić information content (AvgIpc) is 3.98. The molecule has 0 saturated heterocycles. The molecule has 4 heteroatoms. The molecule has 0 spiro atoms. The van der Waals surface area contributed by atoms with Crippen LogP contribution in [0.1, 0.15) is 45.2 Å². The summed E-state index contributed by atoms with van der Waals surface area (Å²) in [4.78, 5) is 5.08. The Hall–Kier alpha value is -8.86. The van der Waals surface area contributed by atoms with E-state index in [2.05, 4.69) is 314 Å². The summed E-state index contributed by atoms with van der Waals surface area (Å²) in [5.74, 6) is 0.201. The van der Waals surface area contributed by atoms with Gasteiger partial charge in [-0.1, -0.05) is 192 Å². The number of aromatic nitrogens is 2. The van der Waals surface area contributed by atoms with Crippen molar-refractivity contribution in [3.05, 3.63) is 300 Å². The van der Waals surface area contributed by atoms with Gasteiger partial charge in [0, 0.05) is 56.1 Å². The first kappa shape index (κ1) is 45.0. The Morgan fingerprint density at radius 3 is 0.919 bits per heavy atom. The molecule has 74 heavy (non-hydrogen) atoms. The summed E-state index contributed by atoms with van der Waals surface area (Å²) < 4.78 is 5.24. The van der Waals surface area contributed by atoms with E-state index in [0.29, 0.717) is 0 Å². The highest BCUT2D eigenvalue weighted by Crippen LogP contribution is 2.50. The molecule has 358 valence electrons. The quantitative estimate of drug-likeness (QED) is 0.127. The van der Waals surface area contributed by atoms with Gasteiger partial charge < -0.3 is 18.9 Å². The summed E-state index contributed by atoms with van der Waals surface area (Å²) in [6.45, 7) is 8.67. The first-order valence-electron chi connectivity index (χ1n) is 26.0. The van der Waals surface area contributed by atoms with Crippen molar-refractivity contribution in [2.75, 3.05) is 9.80 Å². The fourth-order valence-electron chi connectivity index (χ4n) is 11.9. The fourth-order valence-corrected chi connectivity index (χ4v) is 11.9. The topological polar surface area (TPSA) is 16.3 Å². The SMILES string of the molecule is Cc1ccc(N(c2ccc(C)cc2)C2(n3c4ccccc4c4cc5c6ccccc6n(C6(N(c7ccc(C)cc7)c7ccc(C)cc7)C=CC(c7ccccc7)C=C6)c5cc43)C=CC(c3ccccc3)C=C2)cc1. The van der Waals surface area contributed by atoms with Crippen LogP contribution in [-0.2, 0) is 11.3 Å². The Kier molecular flexibility index (Phi) is 11.0. The van der Waals surface area contributed by atoms with Crippen molar-refractivity contribution in [1.82, 2.24) is 9.13 Å². The maximum atomic E-state index is 2.62. The average molecular weight is 955 g/mol. The molecule has 2 aromatic heterocycles. The van der Waals surface area contributed by atoms with Gasteiger partial charge in [0.15, 0.2) is 11.3 Å². The molecule has 0 N–H and O–H groups in total. The zero-order valence-corrected chi connectivity index (χ0v) is 42.3. The third kappa shape index (κ3) is 7.43. The number of fused-ring (bicyclic) bond motifs is 6. The molecule has 0 atom stereocenters. The molecule has 9 aromatic carbocycles.